The Morgan fingerprint density at radius 1 is 1.10 bits per heavy atom. The van der Waals surface area contributed by atoms with Crippen molar-refractivity contribution in [3.8, 4) is 0 Å². The maximum atomic E-state index is 13.1. The van der Waals surface area contributed by atoms with E-state index < -0.39 is 11.6 Å². The zero-order valence-corrected chi connectivity index (χ0v) is 12.0. The molecule has 0 N–H and O–H groups in total. The molecule has 1 aromatic carbocycles. The van der Waals surface area contributed by atoms with E-state index in [0.29, 0.717) is 10.4 Å². The number of benzene rings is 1. The summed E-state index contributed by atoms with van der Waals surface area (Å²) in [5, 5.41) is 0. The zero-order valence-electron chi connectivity index (χ0n) is 11.2. The van der Waals surface area contributed by atoms with Crippen molar-refractivity contribution in [3.63, 3.8) is 0 Å². The van der Waals surface area contributed by atoms with Gasteiger partial charge < -0.3 is 4.74 Å². The number of esters is 1. The van der Waals surface area contributed by atoms with Crippen LogP contribution in [-0.2, 0) is 22.4 Å². The second kappa shape index (κ2) is 6.58. The molecular formula is C15H12F2O3S. The van der Waals surface area contributed by atoms with E-state index in [1.807, 2.05) is 0 Å². The molecule has 6 heteroatoms. The fraction of sp³-hybridized carbons (Fsp3) is 0.200. The van der Waals surface area contributed by atoms with Crippen LogP contribution in [0.3, 0.4) is 0 Å². The maximum Gasteiger partial charge on any atom is 0.310 e. The van der Waals surface area contributed by atoms with Crippen LogP contribution in [0.15, 0.2) is 30.3 Å². The van der Waals surface area contributed by atoms with Gasteiger partial charge in [-0.1, -0.05) is 6.07 Å². The summed E-state index contributed by atoms with van der Waals surface area (Å²) in [6.45, 7) is 0. The number of methoxy groups -OCH3 is 1. The first kappa shape index (κ1) is 15.3. The van der Waals surface area contributed by atoms with E-state index in [1.54, 1.807) is 12.1 Å². The van der Waals surface area contributed by atoms with Crippen molar-refractivity contribution in [1.82, 2.24) is 0 Å². The first-order valence-corrected chi connectivity index (χ1v) is 6.94. The number of hydrogen-bond donors (Lipinski definition) is 0. The molecule has 0 amide bonds. The standard InChI is InChI=1S/C15H12F2O3S/c1-20-15(19)8-10-3-5-14(21-10)13(18)7-9-2-4-11(16)12(17)6-9/h2-6H,7-8H2,1H3. The van der Waals surface area contributed by atoms with E-state index in [9.17, 15) is 18.4 Å². The zero-order chi connectivity index (χ0) is 15.4. The van der Waals surface area contributed by atoms with Crippen molar-refractivity contribution in [2.24, 2.45) is 0 Å². The molecule has 0 bridgehead atoms. The fourth-order valence-electron chi connectivity index (χ4n) is 1.76. The second-order valence-corrected chi connectivity index (χ2v) is 5.54. The Morgan fingerprint density at radius 3 is 2.52 bits per heavy atom. The summed E-state index contributed by atoms with van der Waals surface area (Å²) < 4.78 is 30.4. The van der Waals surface area contributed by atoms with Crippen molar-refractivity contribution in [3.05, 3.63) is 57.3 Å². The van der Waals surface area contributed by atoms with E-state index >= 15 is 0 Å². The summed E-state index contributed by atoms with van der Waals surface area (Å²) in [6, 6.07) is 6.68. The first-order valence-electron chi connectivity index (χ1n) is 6.12. The minimum absolute atomic E-state index is 0.0185. The van der Waals surface area contributed by atoms with Gasteiger partial charge in [-0.25, -0.2) is 8.78 Å². The van der Waals surface area contributed by atoms with Crippen LogP contribution in [0.1, 0.15) is 20.1 Å². The summed E-state index contributed by atoms with van der Waals surface area (Å²) in [7, 11) is 1.30. The Hall–Kier alpha value is -2.08. The van der Waals surface area contributed by atoms with Gasteiger partial charge in [0.05, 0.1) is 18.4 Å². The van der Waals surface area contributed by atoms with Crippen molar-refractivity contribution in [2.45, 2.75) is 12.8 Å². The van der Waals surface area contributed by atoms with Crippen LogP contribution in [0.5, 0.6) is 0 Å². The van der Waals surface area contributed by atoms with E-state index in [4.69, 9.17) is 0 Å². The highest BCUT2D eigenvalue weighted by molar-refractivity contribution is 7.14. The van der Waals surface area contributed by atoms with Crippen LogP contribution in [0.2, 0.25) is 0 Å². The molecule has 1 aromatic heterocycles. The fourth-order valence-corrected chi connectivity index (χ4v) is 2.69. The molecule has 3 nitrogen and oxygen atoms in total. The van der Waals surface area contributed by atoms with Gasteiger partial charge in [0.15, 0.2) is 17.4 Å². The minimum atomic E-state index is -0.974. The van der Waals surface area contributed by atoms with Crippen molar-refractivity contribution >= 4 is 23.1 Å². The van der Waals surface area contributed by atoms with Gasteiger partial charge in [-0.05, 0) is 29.8 Å². The summed E-state index contributed by atoms with van der Waals surface area (Å²) >= 11 is 1.19. The van der Waals surface area contributed by atoms with Gasteiger partial charge in [-0.15, -0.1) is 11.3 Å². The molecule has 1 heterocycles. The lowest BCUT2D eigenvalue weighted by Crippen LogP contribution is -2.03. The lowest BCUT2D eigenvalue weighted by Gasteiger charge is -2.00. The average Bonchev–Trinajstić information content (AvgIpc) is 2.91. The third-order valence-electron chi connectivity index (χ3n) is 2.83. The smallest absolute Gasteiger partial charge is 0.310 e. The lowest BCUT2D eigenvalue weighted by atomic mass is 10.1. The molecule has 0 spiro atoms. The predicted octanol–water partition coefficient (Wildman–Crippen LogP) is 3.17. The topological polar surface area (TPSA) is 43.4 Å². The molecule has 0 aliphatic carbocycles. The molecule has 2 aromatic rings. The number of ether oxygens (including phenoxy) is 1. The summed E-state index contributed by atoms with van der Waals surface area (Å²) in [4.78, 5) is 24.4. The molecule has 0 aliphatic rings. The number of rotatable bonds is 5. The van der Waals surface area contributed by atoms with Crippen LogP contribution < -0.4 is 0 Å². The molecule has 0 saturated carbocycles. The summed E-state index contributed by atoms with van der Waals surface area (Å²) in [5.41, 5.74) is 0.404. The van der Waals surface area contributed by atoms with E-state index in [0.717, 1.165) is 17.0 Å². The van der Waals surface area contributed by atoms with Crippen LogP contribution >= 0.6 is 11.3 Å². The van der Waals surface area contributed by atoms with E-state index in [-0.39, 0.29) is 24.6 Å². The third-order valence-corrected chi connectivity index (χ3v) is 3.96. The molecule has 0 aliphatic heterocycles. The van der Waals surface area contributed by atoms with Gasteiger partial charge in [0.25, 0.3) is 0 Å². The number of carbonyl (C=O) groups is 2. The number of thiophene rings is 1. The van der Waals surface area contributed by atoms with Crippen molar-refractivity contribution in [2.75, 3.05) is 7.11 Å². The van der Waals surface area contributed by atoms with Crippen molar-refractivity contribution in [1.29, 1.82) is 0 Å². The predicted molar refractivity (Wildman–Crippen MR) is 74.4 cm³/mol. The number of ketones is 1. The molecule has 0 fully saturated rings. The Balaban J connectivity index is 2.06. The highest BCUT2D eigenvalue weighted by Gasteiger charge is 2.13. The Kier molecular flexibility index (Phi) is 4.80. The van der Waals surface area contributed by atoms with Gasteiger partial charge in [0, 0.05) is 11.3 Å². The molecular weight excluding hydrogens is 298 g/mol. The molecule has 0 atom stereocenters. The highest BCUT2D eigenvalue weighted by atomic mass is 32.1. The van der Waals surface area contributed by atoms with Gasteiger partial charge >= 0.3 is 5.97 Å². The largest absolute Gasteiger partial charge is 0.469 e. The van der Waals surface area contributed by atoms with E-state index in [2.05, 4.69) is 4.74 Å². The van der Waals surface area contributed by atoms with E-state index in [1.165, 1.54) is 24.5 Å². The quantitative estimate of drug-likeness (QED) is 0.629. The average molecular weight is 310 g/mol. The minimum Gasteiger partial charge on any atom is -0.469 e. The molecule has 21 heavy (non-hydrogen) atoms. The first-order chi connectivity index (χ1) is 9.99. The van der Waals surface area contributed by atoms with Crippen LogP contribution in [0.25, 0.3) is 0 Å². The number of hydrogen-bond acceptors (Lipinski definition) is 4. The highest BCUT2D eigenvalue weighted by Crippen LogP contribution is 2.20. The van der Waals surface area contributed by atoms with Gasteiger partial charge in [0.2, 0.25) is 0 Å². The molecule has 0 unspecified atom stereocenters. The molecule has 2 rings (SSSR count). The maximum absolute atomic E-state index is 13.1. The second-order valence-electron chi connectivity index (χ2n) is 4.37. The normalized spacial score (nSPS) is 10.4. The van der Waals surface area contributed by atoms with Crippen molar-refractivity contribution < 1.29 is 23.1 Å². The summed E-state index contributed by atoms with van der Waals surface area (Å²) in [5.74, 6) is -2.50. The molecule has 0 saturated heterocycles. The Labute approximate surface area is 124 Å². The molecule has 0 radical (unpaired) electrons. The number of halogens is 2. The third kappa shape index (κ3) is 3.95. The number of Topliss-reactive ketones (excluding diaryl/α,β-unsaturated/α-hetero) is 1. The monoisotopic (exact) mass is 310 g/mol. The number of carbonyl (C=O) groups excluding carboxylic acids is 2. The summed E-state index contributed by atoms with van der Waals surface area (Å²) in [6.07, 6.45) is 0.0923. The Bertz CT molecular complexity index is 679. The molecule has 110 valence electrons. The lowest BCUT2D eigenvalue weighted by molar-refractivity contribution is -0.139. The van der Waals surface area contributed by atoms with Crippen LogP contribution in [0, 0.1) is 11.6 Å². The van der Waals surface area contributed by atoms with Crippen LogP contribution in [-0.4, -0.2) is 18.9 Å². The van der Waals surface area contributed by atoms with Gasteiger partial charge in [-0.3, -0.25) is 9.59 Å². The van der Waals surface area contributed by atoms with Crippen LogP contribution in [0.4, 0.5) is 8.78 Å². The van der Waals surface area contributed by atoms with Gasteiger partial charge in [0.1, 0.15) is 0 Å². The Morgan fingerprint density at radius 2 is 1.86 bits per heavy atom. The van der Waals surface area contributed by atoms with Gasteiger partial charge in [-0.2, -0.15) is 0 Å². The SMILES string of the molecule is COC(=O)Cc1ccc(C(=O)Cc2ccc(F)c(F)c2)s1.